The van der Waals surface area contributed by atoms with Crippen LogP contribution in [-0.4, -0.2) is 50.9 Å². The van der Waals surface area contributed by atoms with E-state index in [-0.39, 0.29) is 11.5 Å². The quantitative estimate of drug-likeness (QED) is 0.847. The van der Waals surface area contributed by atoms with Crippen LogP contribution in [-0.2, 0) is 11.8 Å². The van der Waals surface area contributed by atoms with Crippen molar-refractivity contribution in [3.05, 3.63) is 48.0 Å². The number of piperidine rings is 1. The lowest BCUT2D eigenvalue weighted by atomic mass is 9.84. The highest BCUT2D eigenvalue weighted by atomic mass is 16.5. The van der Waals surface area contributed by atoms with E-state index < -0.39 is 0 Å². The summed E-state index contributed by atoms with van der Waals surface area (Å²) in [4.78, 5) is 18.5. The van der Waals surface area contributed by atoms with Crippen molar-refractivity contribution in [2.45, 2.75) is 30.8 Å². The van der Waals surface area contributed by atoms with Crippen LogP contribution in [0.25, 0.3) is 0 Å². The molecule has 0 bridgehead atoms. The van der Waals surface area contributed by atoms with Crippen molar-refractivity contribution >= 4 is 5.91 Å². The van der Waals surface area contributed by atoms with E-state index in [0.717, 1.165) is 39.0 Å². The molecule has 4 rings (SSSR count). The van der Waals surface area contributed by atoms with Gasteiger partial charge in [0.1, 0.15) is 0 Å². The number of nitrogens with zero attached hydrogens (tertiary/aromatic N) is 4. The Morgan fingerprint density at radius 3 is 2.83 bits per heavy atom. The van der Waals surface area contributed by atoms with Crippen molar-refractivity contribution in [2.24, 2.45) is 7.05 Å². The summed E-state index contributed by atoms with van der Waals surface area (Å²) in [5.74, 6) is 0.485. The molecule has 2 aromatic rings. The molecular formula is C18H22N4O2. The molecule has 6 nitrogen and oxygen atoms in total. The molecule has 0 N–H and O–H groups in total. The molecule has 0 aromatic carbocycles. The molecule has 0 radical (unpaired) electrons. The standard InChI is InChI=1S/C18H22N4O2/c1-21-12-16(11-20-21)15-9-18(24-13-15)4-7-22(8-5-18)17(23)14-3-2-6-19-10-14/h2-3,6,10-12,15H,4-5,7-9,13H2,1H3/t15-/m0/s1. The second kappa shape index (κ2) is 6.02. The number of likely N-dealkylation sites (tertiary alicyclic amines) is 1. The number of amides is 1. The van der Waals surface area contributed by atoms with Crippen LogP contribution in [0.1, 0.15) is 41.1 Å². The van der Waals surface area contributed by atoms with Crippen molar-refractivity contribution < 1.29 is 9.53 Å². The van der Waals surface area contributed by atoms with Gasteiger partial charge in [-0.25, -0.2) is 0 Å². The van der Waals surface area contributed by atoms with Gasteiger partial charge in [-0.2, -0.15) is 5.10 Å². The number of ether oxygens (including phenoxy) is 1. The molecule has 4 heterocycles. The van der Waals surface area contributed by atoms with E-state index in [2.05, 4.69) is 16.3 Å². The first kappa shape index (κ1) is 15.3. The smallest absolute Gasteiger partial charge is 0.255 e. The largest absolute Gasteiger partial charge is 0.374 e. The average molecular weight is 326 g/mol. The Bertz CT molecular complexity index is 720. The molecule has 2 aliphatic rings. The van der Waals surface area contributed by atoms with Crippen molar-refractivity contribution in [2.75, 3.05) is 19.7 Å². The third-order valence-corrected chi connectivity index (χ3v) is 5.28. The van der Waals surface area contributed by atoms with Crippen LogP contribution in [0.5, 0.6) is 0 Å². The summed E-state index contributed by atoms with van der Waals surface area (Å²) in [6.07, 6.45) is 10.2. The normalized spacial score (nSPS) is 22.9. The van der Waals surface area contributed by atoms with Crippen LogP contribution >= 0.6 is 0 Å². The van der Waals surface area contributed by atoms with E-state index in [1.165, 1.54) is 5.56 Å². The third-order valence-electron chi connectivity index (χ3n) is 5.28. The van der Waals surface area contributed by atoms with E-state index in [9.17, 15) is 4.79 Å². The van der Waals surface area contributed by atoms with Crippen molar-refractivity contribution in [1.29, 1.82) is 0 Å². The second-order valence-electron chi connectivity index (χ2n) is 6.88. The molecule has 0 aliphatic carbocycles. The van der Waals surface area contributed by atoms with Gasteiger partial charge < -0.3 is 9.64 Å². The van der Waals surface area contributed by atoms with E-state index in [4.69, 9.17) is 4.74 Å². The Balaban J connectivity index is 1.39. The zero-order chi connectivity index (χ0) is 16.6. The van der Waals surface area contributed by atoms with Crippen molar-refractivity contribution in [1.82, 2.24) is 19.7 Å². The molecular weight excluding hydrogens is 304 g/mol. The molecule has 2 aromatic heterocycles. The monoisotopic (exact) mass is 326 g/mol. The molecule has 2 aliphatic heterocycles. The lowest BCUT2D eigenvalue weighted by Gasteiger charge is -2.38. The minimum Gasteiger partial charge on any atom is -0.374 e. The fraction of sp³-hybridized carbons (Fsp3) is 0.500. The predicted octanol–water partition coefficient (Wildman–Crippen LogP) is 1.99. The molecule has 1 atom stereocenters. The Morgan fingerprint density at radius 1 is 1.33 bits per heavy atom. The van der Waals surface area contributed by atoms with Crippen LogP contribution in [0.15, 0.2) is 36.9 Å². The van der Waals surface area contributed by atoms with Gasteiger partial charge >= 0.3 is 0 Å². The van der Waals surface area contributed by atoms with E-state index in [0.29, 0.717) is 11.5 Å². The highest BCUT2D eigenvalue weighted by molar-refractivity contribution is 5.93. The van der Waals surface area contributed by atoms with Crippen molar-refractivity contribution in [3.63, 3.8) is 0 Å². The highest BCUT2D eigenvalue weighted by Crippen LogP contribution is 2.42. The van der Waals surface area contributed by atoms with E-state index >= 15 is 0 Å². The fourth-order valence-electron chi connectivity index (χ4n) is 3.85. The van der Waals surface area contributed by atoms with Crippen LogP contribution in [0.2, 0.25) is 0 Å². The number of pyridine rings is 1. The van der Waals surface area contributed by atoms with Crippen LogP contribution in [0.3, 0.4) is 0 Å². The van der Waals surface area contributed by atoms with Crippen molar-refractivity contribution in [3.8, 4) is 0 Å². The second-order valence-corrected chi connectivity index (χ2v) is 6.88. The summed E-state index contributed by atoms with van der Waals surface area (Å²) >= 11 is 0. The van der Waals surface area contributed by atoms with Gasteiger partial charge in [-0.15, -0.1) is 0 Å². The first-order valence-corrected chi connectivity index (χ1v) is 8.47. The van der Waals surface area contributed by atoms with Gasteiger partial charge in [0.25, 0.3) is 5.91 Å². The summed E-state index contributed by atoms with van der Waals surface area (Å²) in [5, 5.41) is 4.27. The minimum atomic E-state index is -0.0772. The van der Waals surface area contributed by atoms with Crippen LogP contribution < -0.4 is 0 Å². The molecule has 2 saturated heterocycles. The minimum absolute atomic E-state index is 0.0692. The molecule has 0 unspecified atom stereocenters. The summed E-state index contributed by atoms with van der Waals surface area (Å²) in [6.45, 7) is 2.24. The number of carbonyl (C=O) groups is 1. The maximum atomic E-state index is 12.5. The zero-order valence-electron chi connectivity index (χ0n) is 13.9. The summed E-state index contributed by atoms with van der Waals surface area (Å²) in [7, 11) is 1.94. The highest BCUT2D eigenvalue weighted by Gasteiger charge is 2.44. The van der Waals surface area contributed by atoms with Crippen LogP contribution in [0, 0.1) is 0 Å². The summed E-state index contributed by atoms with van der Waals surface area (Å²) < 4.78 is 8.05. The molecule has 2 fully saturated rings. The Hall–Kier alpha value is -2.21. The first-order chi connectivity index (χ1) is 11.7. The lowest BCUT2D eigenvalue weighted by molar-refractivity contribution is -0.0388. The summed E-state index contributed by atoms with van der Waals surface area (Å²) in [5.41, 5.74) is 1.84. The van der Waals surface area contributed by atoms with Gasteiger partial charge in [0.05, 0.1) is 24.0 Å². The zero-order valence-corrected chi connectivity index (χ0v) is 13.9. The topological polar surface area (TPSA) is 60.2 Å². The molecule has 1 spiro atoms. The fourth-order valence-corrected chi connectivity index (χ4v) is 3.85. The average Bonchev–Trinajstić information content (AvgIpc) is 3.23. The maximum Gasteiger partial charge on any atom is 0.255 e. The lowest BCUT2D eigenvalue weighted by Crippen LogP contribution is -2.46. The Morgan fingerprint density at radius 2 is 2.17 bits per heavy atom. The van der Waals surface area contributed by atoms with Gasteiger partial charge in [0.2, 0.25) is 0 Å². The molecule has 0 saturated carbocycles. The van der Waals surface area contributed by atoms with Gasteiger partial charge in [-0.1, -0.05) is 0 Å². The Labute approximate surface area is 141 Å². The number of hydrogen-bond acceptors (Lipinski definition) is 4. The van der Waals surface area contributed by atoms with E-state index in [1.54, 1.807) is 18.5 Å². The molecule has 6 heteroatoms. The molecule has 126 valence electrons. The summed E-state index contributed by atoms with van der Waals surface area (Å²) in [6, 6.07) is 3.63. The number of rotatable bonds is 2. The SMILES string of the molecule is Cn1cc([C@@H]2COC3(CCN(C(=O)c4cccnc4)CC3)C2)cn1. The van der Waals surface area contributed by atoms with E-state index in [1.807, 2.05) is 28.9 Å². The van der Waals surface area contributed by atoms with Gasteiger partial charge in [0, 0.05) is 44.6 Å². The molecule has 1 amide bonds. The third kappa shape index (κ3) is 2.82. The number of aryl methyl sites for hydroxylation is 1. The van der Waals surface area contributed by atoms with Gasteiger partial charge in [-0.05, 0) is 37.0 Å². The van der Waals surface area contributed by atoms with Gasteiger partial charge in [0.15, 0.2) is 0 Å². The predicted molar refractivity (Wildman–Crippen MR) is 88.6 cm³/mol. The number of carbonyl (C=O) groups excluding carboxylic acids is 1. The number of aromatic nitrogens is 3. The van der Waals surface area contributed by atoms with Gasteiger partial charge in [-0.3, -0.25) is 14.5 Å². The maximum absolute atomic E-state index is 12.5. The first-order valence-electron chi connectivity index (χ1n) is 8.47. The van der Waals surface area contributed by atoms with Crippen LogP contribution in [0.4, 0.5) is 0 Å². The molecule has 24 heavy (non-hydrogen) atoms. The number of hydrogen-bond donors (Lipinski definition) is 0. The Kier molecular flexibility index (Phi) is 3.84.